The number of allylic oxidation sites excluding steroid dienone is 1. The lowest BCUT2D eigenvalue weighted by atomic mass is 10.1. The van der Waals surface area contributed by atoms with Gasteiger partial charge in [-0.2, -0.15) is 0 Å². The summed E-state index contributed by atoms with van der Waals surface area (Å²) in [6, 6.07) is 0. The summed E-state index contributed by atoms with van der Waals surface area (Å²) in [4.78, 5) is 13.2. The second-order valence-corrected chi connectivity index (χ2v) is 3.63. The zero-order valence-electron chi connectivity index (χ0n) is 7.95. The number of nitrogens with zero attached hydrogens (tertiary/aromatic N) is 1. The van der Waals surface area contributed by atoms with Crippen LogP contribution in [0.5, 0.6) is 0 Å². The second-order valence-electron chi connectivity index (χ2n) is 3.63. The van der Waals surface area contributed by atoms with Gasteiger partial charge in [0, 0.05) is 13.1 Å². The molecule has 0 aromatic carbocycles. The van der Waals surface area contributed by atoms with E-state index in [9.17, 15) is 4.79 Å². The van der Waals surface area contributed by atoms with Crippen LogP contribution in [0.2, 0.25) is 0 Å². The fourth-order valence-electron chi connectivity index (χ4n) is 2.13. The van der Waals surface area contributed by atoms with Gasteiger partial charge in [0.05, 0.1) is 6.61 Å². The Labute approximate surface area is 78.4 Å². The topological polar surface area (TPSA) is 29.5 Å². The first-order chi connectivity index (χ1) is 6.31. The average molecular weight is 181 g/mol. The summed E-state index contributed by atoms with van der Waals surface area (Å²) in [7, 11) is 0. The van der Waals surface area contributed by atoms with Crippen LogP contribution in [0.4, 0.5) is 4.79 Å². The van der Waals surface area contributed by atoms with Gasteiger partial charge < -0.3 is 9.64 Å². The Hall–Kier alpha value is -0.990. The predicted molar refractivity (Wildman–Crippen MR) is 49.4 cm³/mol. The first kappa shape index (κ1) is 8.60. The van der Waals surface area contributed by atoms with E-state index in [2.05, 4.69) is 6.08 Å². The zero-order chi connectivity index (χ0) is 9.26. The van der Waals surface area contributed by atoms with E-state index in [0.717, 1.165) is 13.1 Å². The van der Waals surface area contributed by atoms with Crippen LogP contribution >= 0.6 is 0 Å². The Balaban J connectivity index is 1.94. The number of hydrogen-bond donors (Lipinski definition) is 0. The molecule has 0 aromatic heterocycles. The Bertz CT molecular complexity index is 247. The van der Waals surface area contributed by atoms with Gasteiger partial charge in [0.1, 0.15) is 0 Å². The lowest BCUT2D eigenvalue weighted by molar-refractivity contribution is 0.114. The highest BCUT2D eigenvalue weighted by Crippen LogP contribution is 2.32. The number of hydrogen-bond acceptors (Lipinski definition) is 2. The standard InChI is InChI=1S/C10H15NO2/c1-2-13-10(12)11-6-8-4-3-5-9(8)7-11/h4,9H,2-3,5-7H2,1H3. The Morgan fingerprint density at radius 1 is 1.77 bits per heavy atom. The summed E-state index contributed by atoms with van der Waals surface area (Å²) in [5.41, 5.74) is 1.44. The lowest BCUT2D eigenvalue weighted by Crippen LogP contribution is -2.29. The molecule has 2 aliphatic rings. The zero-order valence-corrected chi connectivity index (χ0v) is 7.95. The van der Waals surface area contributed by atoms with Crippen molar-refractivity contribution in [3.8, 4) is 0 Å². The van der Waals surface area contributed by atoms with Gasteiger partial charge in [-0.25, -0.2) is 4.79 Å². The van der Waals surface area contributed by atoms with Crippen molar-refractivity contribution in [2.24, 2.45) is 5.92 Å². The number of ether oxygens (including phenoxy) is 1. The van der Waals surface area contributed by atoms with Crippen molar-refractivity contribution in [2.75, 3.05) is 19.7 Å². The summed E-state index contributed by atoms with van der Waals surface area (Å²) in [6.45, 7) is 3.97. The first-order valence-electron chi connectivity index (χ1n) is 4.92. The monoisotopic (exact) mass is 181 g/mol. The van der Waals surface area contributed by atoms with Crippen LogP contribution in [0.15, 0.2) is 11.6 Å². The molecule has 1 amide bonds. The molecule has 13 heavy (non-hydrogen) atoms. The normalized spacial score (nSPS) is 25.8. The number of likely N-dealkylation sites (tertiary alicyclic amines) is 1. The minimum atomic E-state index is -0.155. The van der Waals surface area contributed by atoms with Crippen molar-refractivity contribution in [3.05, 3.63) is 11.6 Å². The molecule has 3 heteroatoms. The molecule has 2 rings (SSSR count). The van der Waals surface area contributed by atoms with E-state index in [1.807, 2.05) is 6.92 Å². The third-order valence-electron chi connectivity index (χ3n) is 2.79. The minimum Gasteiger partial charge on any atom is -0.450 e. The van der Waals surface area contributed by atoms with E-state index >= 15 is 0 Å². The summed E-state index contributed by atoms with van der Waals surface area (Å²) in [5, 5.41) is 0. The van der Waals surface area contributed by atoms with Gasteiger partial charge in [-0.05, 0) is 31.3 Å². The predicted octanol–water partition coefficient (Wildman–Crippen LogP) is 1.79. The van der Waals surface area contributed by atoms with Crippen LogP contribution in [0.3, 0.4) is 0 Å². The van der Waals surface area contributed by atoms with E-state index in [1.165, 1.54) is 18.4 Å². The number of rotatable bonds is 1. The van der Waals surface area contributed by atoms with Gasteiger partial charge in [-0.1, -0.05) is 6.08 Å². The smallest absolute Gasteiger partial charge is 0.410 e. The highest BCUT2D eigenvalue weighted by molar-refractivity contribution is 5.68. The molecule has 1 aliphatic heterocycles. The van der Waals surface area contributed by atoms with Crippen molar-refractivity contribution in [2.45, 2.75) is 19.8 Å². The van der Waals surface area contributed by atoms with Crippen molar-refractivity contribution in [3.63, 3.8) is 0 Å². The van der Waals surface area contributed by atoms with Crippen LogP contribution in [0.25, 0.3) is 0 Å². The average Bonchev–Trinajstić information content (AvgIpc) is 2.61. The maximum Gasteiger partial charge on any atom is 0.410 e. The van der Waals surface area contributed by atoms with Crippen LogP contribution in [-0.4, -0.2) is 30.7 Å². The molecule has 0 bridgehead atoms. The molecule has 1 fully saturated rings. The van der Waals surface area contributed by atoms with Crippen LogP contribution in [-0.2, 0) is 4.74 Å². The van der Waals surface area contributed by atoms with Gasteiger partial charge >= 0.3 is 6.09 Å². The van der Waals surface area contributed by atoms with Gasteiger partial charge in [-0.3, -0.25) is 0 Å². The molecule has 72 valence electrons. The molecule has 1 saturated heterocycles. The van der Waals surface area contributed by atoms with E-state index in [4.69, 9.17) is 4.74 Å². The van der Waals surface area contributed by atoms with E-state index < -0.39 is 0 Å². The van der Waals surface area contributed by atoms with Crippen molar-refractivity contribution < 1.29 is 9.53 Å². The molecule has 1 aliphatic carbocycles. The molecule has 1 unspecified atom stereocenters. The maximum absolute atomic E-state index is 11.4. The van der Waals surface area contributed by atoms with E-state index in [-0.39, 0.29) is 6.09 Å². The molecule has 0 saturated carbocycles. The second kappa shape index (κ2) is 3.40. The SMILES string of the molecule is CCOC(=O)N1CC2=CCCC2C1. The van der Waals surface area contributed by atoms with E-state index in [0.29, 0.717) is 12.5 Å². The largest absolute Gasteiger partial charge is 0.450 e. The molecule has 1 atom stereocenters. The van der Waals surface area contributed by atoms with Crippen molar-refractivity contribution >= 4 is 6.09 Å². The van der Waals surface area contributed by atoms with Crippen molar-refractivity contribution in [1.29, 1.82) is 0 Å². The van der Waals surface area contributed by atoms with Crippen LogP contribution < -0.4 is 0 Å². The van der Waals surface area contributed by atoms with Crippen LogP contribution in [0.1, 0.15) is 19.8 Å². The summed E-state index contributed by atoms with van der Waals surface area (Å²) < 4.78 is 4.95. The van der Waals surface area contributed by atoms with Gasteiger partial charge in [0.25, 0.3) is 0 Å². The first-order valence-corrected chi connectivity index (χ1v) is 4.92. The summed E-state index contributed by atoms with van der Waals surface area (Å²) in [6.07, 6.45) is 4.52. The maximum atomic E-state index is 11.4. The minimum absolute atomic E-state index is 0.155. The molecule has 0 spiro atoms. The van der Waals surface area contributed by atoms with Crippen LogP contribution in [0, 0.1) is 5.92 Å². The highest BCUT2D eigenvalue weighted by Gasteiger charge is 2.32. The highest BCUT2D eigenvalue weighted by atomic mass is 16.6. The molecular formula is C10H15NO2. The Kier molecular flexibility index (Phi) is 2.25. The lowest BCUT2D eigenvalue weighted by Gasteiger charge is -2.14. The van der Waals surface area contributed by atoms with Gasteiger partial charge in [0.2, 0.25) is 0 Å². The molecule has 1 heterocycles. The third kappa shape index (κ3) is 1.55. The van der Waals surface area contributed by atoms with Gasteiger partial charge in [-0.15, -0.1) is 0 Å². The number of amides is 1. The third-order valence-corrected chi connectivity index (χ3v) is 2.79. The summed E-state index contributed by atoms with van der Waals surface area (Å²) in [5.74, 6) is 0.629. The number of carbonyl (C=O) groups is 1. The Morgan fingerprint density at radius 3 is 3.31 bits per heavy atom. The fourth-order valence-corrected chi connectivity index (χ4v) is 2.13. The molecule has 3 nitrogen and oxygen atoms in total. The number of carbonyl (C=O) groups excluding carboxylic acids is 1. The van der Waals surface area contributed by atoms with Gasteiger partial charge in [0.15, 0.2) is 0 Å². The molecule has 0 aromatic rings. The fraction of sp³-hybridized carbons (Fsp3) is 0.700. The van der Waals surface area contributed by atoms with Crippen molar-refractivity contribution in [1.82, 2.24) is 4.90 Å². The molecule has 0 radical (unpaired) electrons. The quantitative estimate of drug-likeness (QED) is 0.577. The molecule has 0 N–H and O–H groups in total. The Morgan fingerprint density at radius 2 is 2.62 bits per heavy atom. The molecular weight excluding hydrogens is 166 g/mol. The van der Waals surface area contributed by atoms with E-state index in [1.54, 1.807) is 4.90 Å². The summed E-state index contributed by atoms with van der Waals surface area (Å²) >= 11 is 0. The number of fused-ring (bicyclic) bond motifs is 1.